The monoisotopic (exact) mass is 794 g/mol. The number of ether oxygens (including phenoxy) is 4. The van der Waals surface area contributed by atoms with Gasteiger partial charge in [0.1, 0.15) is 23.0 Å². The molecule has 0 amide bonds. The smallest absolute Gasteiger partial charge is 0.289 e. The van der Waals surface area contributed by atoms with E-state index in [0.717, 1.165) is 33.3 Å². The Morgan fingerprint density at radius 3 is 1.25 bits per heavy atom. The SMILES string of the molecule is COc1ccc(OC(O)=C2C=CC=C2)cc1C=Nc1ccc2ccccc2c1.COc1ccc(OC(O)=C2C=CC=C2)cc1C=Nc1ccc2ccccc2c1.[Fe]. The van der Waals surface area contributed by atoms with E-state index in [9.17, 15) is 10.2 Å². The molecule has 0 fully saturated rings. The predicted molar refractivity (Wildman–Crippen MR) is 226 cm³/mol. The molecule has 0 saturated carbocycles. The molecule has 2 aliphatic carbocycles. The molecule has 57 heavy (non-hydrogen) atoms. The molecule has 0 atom stereocenters. The first-order valence-electron chi connectivity index (χ1n) is 17.8. The number of rotatable bonds is 10. The van der Waals surface area contributed by atoms with Gasteiger partial charge in [-0.15, -0.1) is 0 Å². The van der Waals surface area contributed by atoms with E-state index in [0.29, 0.717) is 34.1 Å². The number of aliphatic hydroxyl groups is 2. The van der Waals surface area contributed by atoms with Crippen LogP contribution in [-0.4, -0.2) is 36.9 Å². The zero-order chi connectivity index (χ0) is 38.7. The Morgan fingerprint density at radius 1 is 0.474 bits per heavy atom. The standard InChI is InChI=1S/2C24H19NO3.Fe/c2*1-27-23-13-12-22(28-24(26)18-7-3-4-8-18)15-20(23)16-25-21-11-10-17-6-2-5-9-19(17)14-21;/h2*2-16,26H,1H3;. The number of fused-ring (bicyclic) bond motifs is 2. The molecule has 6 aromatic carbocycles. The fourth-order valence-corrected chi connectivity index (χ4v) is 5.93. The number of nitrogens with zero attached hydrogens (tertiary/aromatic N) is 2. The number of benzene rings is 6. The maximum absolute atomic E-state index is 10.1. The van der Waals surface area contributed by atoms with Gasteiger partial charge in [0.2, 0.25) is 0 Å². The van der Waals surface area contributed by atoms with Crippen LogP contribution in [0.4, 0.5) is 11.4 Å². The second kappa shape index (κ2) is 19.0. The Labute approximate surface area is 341 Å². The maximum atomic E-state index is 10.1. The summed E-state index contributed by atoms with van der Waals surface area (Å²) in [7, 11) is 3.22. The molecular formula is C48H38FeN2O6. The van der Waals surface area contributed by atoms with Crippen molar-refractivity contribution in [3.63, 3.8) is 0 Å². The van der Waals surface area contributed by atoms with Gasteiger partial charge in [-0.25, -0.2) is 0 Å². The molecule has 0 aromatic heterocycles. The molecule has 2 aliphatic rings. The topological polar surface area (TPSA) is 102 Å². The normalized spacial score (nSPS) is 12.6. The van der Waals surface area contributed by atoms with Crippen LogP contribution < -0.4 is 18.9 Å². The van der Waals surface area contributed by atoms with Crippen LogP contribution >= 0.6 is 0 Å². The minimum atomic E-state index is -0.146. The van der Waals surface area contributed by atoms with Gasteiger partial charge in [0.05, 0.1) is 36.7 Å². The van der Waals surface area contributed by atoms with Gasteiger partial charge < -0.3 is 29.2 Å². The van der Waals surface area contributed by atoms with Crippen molar-refractivity contribution in [2.24, 2.45) is 9.98 Å². The first kappa shape index (κ1) is 39.6. The van der Waals surface area contributed by atoms with Crippen molar-refractivity contribution in [1.82, 2.24) is 0 Å². The summed E-state index contributed by atoms with van der Waals surface area (Å²) in [5, 5.41) is 24.9. The van der Waals surface area contributed by atoms with E-state index in [1.54, 1.807) is 87.4 Å². The maximum Gasteiger partial charge on any atom is 0.289 e. The Hall–Kier alpha value is -7.06. The van der Waals surface area contributed by atoms with E-state index in [2.05, 4.69) is 34.3 Å². The van der Waals surface area contributed by atoms with E-state index in [-0.39, 0.29) is 29.0 Å². The minimum Gasteiger partial charge on any atom is -0.496 e. The summed E-state index contributed by atoms with van der Waals surface area (Å²) in [5.41, 5.74) is 4.45. The molecule has 8 rings (SSSR count). The van der Waals surface area contributed by atoms with Gasteiger partial charge in [0, 0.05) is 40.6 Å². The summed E-state index contributed by atoms with van der Waals surface area (Å²) in [6.07, 6.45) is 17.9. The molecule has 0 heterocycles. The summed E-state index contributed by atoms with van der Waals surface area (Å²) >= 11 is 0. The Bertz CT molecular complexity index is 2440. The summed E-state index contributed by atoms with van der Waals surface area (Å²) in [6, 6.07) is 39.0. The third-order valence-corrected chi connectivity index (χ3v) is 8.82. The molecule has 9 heteroatoms. The van der Waals surface area contributed by atoms with Gasteiger partial charge in [-0.05, 0) is 107 Å². The fourth-order valence-electron chi connectivity index (χ4n) is 5.93. The fraction of sp³-hybridized carbons (Fsp3) is 0.0417. The number of allylic oxidation sites excluding steroid dienone is 10. The van der Waals surface area contributed by atoms with Crippen molar-refractivity contribution >= 4 is 45.3 Å². The number of hydrogen-bond donors (Lipinski definition) is 2. The third kappa shape index (κ3) is 10.2. The second-order valence-electron chi connectivity index (χ2n) is 12.5. The predicted octanol–water partition coefficient (Wildman–Crippen LogP) is 11.7. The average molecular weight is 795 g/mol. The van der Waals surface area contributed by atoms with E-state index in [1.807, 2.05) is 85.0 Å². The minimum absolute atomic E-state index is 0. The van der Waals surface area contributed by atoms with Crippen molar-refractivity contribution in [3.05, 3.63) is 204 Å². The van der Waals surface area contributed by atoms with Gasteiger partial charge in [0.25, 0.3) is 11.9 Å². The van der Waals surface area contributed by atoms with Gasteiger partial charge in [-0.1, -0.05) is 85.0 Å². The quantitative estimate of drug-likeness (QED) is 0.0813. The largest absolute Gasteiger partial charge is 0.496 e. The molecule has 6 aromatic rings. The molecule has 8 nitrogen and oxygen atoms in total. The van der Waals surface area contributed by atoms with E-state index >= 15 is 0 Å². The van der Waals surface area contributed by atoms with Crippen LogP contribution in [0.3, 0.4) is 0 Å². The second-order valence-corrected chi connectivity index (χ2v) is 12.5. The van der Waals surface area contributed by atoms with Gasteiger partial charge in [0.15, 0.2) is 0 Å². The molecule has 0 spiro atoms. The molecule has 0 bridgehead atoms. The average Bonchev–Trinajstić information content (AvgIpc) is 3.99. The van der Waals surface area contributed by atoms with Crippen LogP contribution in [0, 0.1) is 0 Å². The Balaban J connectivity index is 0.000000189. The number of aliphatic imine (C=N–C) groups is 2. The molecule has 0 unspecified atom stereocenters. The van der Waals surface area contributed by atoms with Crippen LogP contribution in [0.25, 0.3) is 21.5 Å². The van der Waals surface area contributed by atoms with Crippen LogP contribution in [-0.2, 0) is 17.1 Å². The van der Waals surface area contributed by atoms with Crippen LogP contribution in [0.15, 0.2) is 203 Å². The number of aliphatic hydroxyl groups excluding tert-OH is 2. The zero-order valence-electron chi connectivity index (χ0n) is 31.1. The summed E-state index contributed by atoms with van der Waals surface area (Å²) in [5.74, 6) is 2.05. The summed E-state index contributed by atoms with van der Waals surface area (Å²) < 4.78 is 22.0. The number of hydrogen-bond acceptors (Lipinski definition) is 8. The number of methoxy groups -OCH3 is 2. The van der Waals surface area contributed by atoms with E-state index in [1.165, 1.54) is 10.8 Å². The van der Waals surface area contributed by atoms with Crippen molar-refractivity contribution in [2.75, 3.05) is 14.2 Å². The van der Waals surface area contributed by atoms with Crippen molar-refractivity contribution in [3.8, 4) is 23.0 Å². The molecule has 0 radical (unpaired) electrons. The van der Waals surface area contributed by atoms with Crippen molar-refractivity contribution in [2.45, 2.75) is 0 Å². The van der Waals surface area contributed by atoms with E-state index in [4.69, 9.17) is 18.9 Å². The Morgan fingerprint density at radius 2 is 0.860 bits per heavy atom. The van der Waals surface area contributed by atoms with Gasteiger partial charge >= 0.3 is 0 Å². The summed E-state index contributed by atoms with van der Waals surface area (Å²) in [6.45, 7) is 0. The van der Waals surface area contributed by atoms with Gasteiger partial charge in [-0.2, -0.15) is 0 Å². The van der Waals surface area contributed by atoms with Crippen LogP contribution in [0.5, 0.6) is 23.0 Å². The molecule has 0 aliphatic heterocycles. The van der Waals surface area contributed by atoms with Gasteiger partial charge in [-0.3, -0.25) is 9.98 Å². The first-order valence-corrected chi connectivity index (χ1v) is 17.8. The third-order valence-electron chi connectivity index (χ3n) is 8.82. The van der Waals surface area contributed by atoms with Crippen molar-refractivity contribution < 1.29 is 46.2 Å². The van der Waals surface area contributed by atoms with Crippen LogP contribution in [0.2, 0.25) is 0 Å². The molecule has 2 N–H and O–H groups in total. The molecule has 0 saturated heterocycles. The summed E-state index contributed by atoms with van der Waals surface area (Å²) in [4.78, 5) is 9.15. The molecular weight excluding hydrogens is 756 g/mol. The molecule has 284 valence electrons. The zero-order valence-corrected chi connectivity index (χ0v) is 32.2. The Kier molecular flexibility index (Phi) is 13.2. The van der Waals surface area contributed by atoms with E-state index < -0.39 is 0 Å². The van der Waals surface area contributed by atoms with Crippen molar-refractivity contribution in [1.29, 1.82) is 0 Å². The van der Waals surface area contributed by atoms with Crippen LogP contribution in [0.1, 0.15) is 11.1 Å². The first-order chi connectivity index (χ1) is 27.4.